The highest BCUT2D eigenvalue weighted by Crippen LogP contribution is 2.16. The normalized spacial score (nSPS) is 17.5. The van der Waals surface area contributed by atoms with E-state index in [1.165, 1.54) is 0 Å². The van der Waals surface area contributed by atoms with Crippen molar-refractivity contribution < 1.29 is 14.4 Å². The summed E-state index contributed by atoms with van der Waals surface area (Å²) in [5.41, 5.74) is 1.20. The van der Waals surface area contributed by atoms with Crippen LogP contribution in [0, 0.1) is 5.92 Å². The summed E-state index contributed by atoms with van der Waals surface area (Å²) < 4.78 is 0. The topological polar surface area (TPSA) is 99.3 Å². The Kier molecular flexibility index (Phi) is 5.70. The van der Waals surface area contributed by atoms with Crippen molar-refractivity contribution >= 4 is 29.1 Å². The van der Waals surface area contributed by atoms with E-state index in [1.54, 1.807) is 24.3 Å². The molecule has 1 aromatic rings. The molecule has 7 heteroatoms. The summed E-state index contributed by atoms with van der Waals surface area (Å²) in [5.74, 6) is -0.628. The predicted octanol–water partition coefficient (Wildman–Crippen LogP) is 0.698. The van der Waals surface area contributed by atoms with Crippen LogP contribution in [-0.4, -0.2) is 36.9 Å². The molecule has 1 fully saturated rings. The first-order valence-electron chi connectivity index (χ1n) is 7.67. The van der Waals surface area contributed by atoms with Crippen LogP contribution in [-0.2, 0) is 14.4 Å². The van der Waals surface area contributed by atoms with E-state index in [4.69, 9.17) is 0 Å². The minimum Gasteiger partial charge on any atom is -0.353 e. The molecule has 0 saturated carbocycles. The molecule has 1 heterocycles. The fraction of sp³-hybridized carbons (Fsp3) is 0.438. The number of hydrogen-bond acceptors (Lipinski definition) is 4. The Morgan fingerprint density at radius 3 is 2.57 bits per heavy atom. The van der Waals surface area contributed by atoms with Crippen molar-refractivity contribution in [3.8, 4) is 0 Å². The highest BCUT2D eigenvalue weighted by Gasteiger charge is 2.24. The van der Waals surface area contributed by atoms with Gasteiger partial charge in [-0.2, -0.15) is 0 Å². The molecule has 0 aliphatic carbocycles. The Hall–Kier alpha value is -2.41. The van der Waals surface area contributed by atoms with E-state index in [0.29, 0.717) is 24.5 Å². The number of carbonyl (C=O) groups excluding carboxylic acids is 3. The molecule has 4 N–H and O–H groups in total. The summed E-state index contributed by atoms with van der Waals surface area (Å²) >= 11 is 0. The minimum atomic E-state index is -0.507. The van der Waals surface area contributed by atoms with Gasteiger partial charge in [0, 0.05) is 30.4 Å². The fourth-order valence-electron chi connectivity index (χ4n) is 2.17. The van der Waals surface area contributed by atoms with Crippen LogP contribution < -0.4 is 21.3 Å². The lowest BCUT2D eigenvalue weighted by molar-refractivity contribution is -0.127. The molecule has 0 spiro atoms. The van der Waals surface area contributed by atoms with Crippen molar-refractivity contribution in [2.75, 3.05) is 23.7 Å². The number of anilines is 2. The Balaban J connectivity index is 1.93. The van der Waals surface area contributed by atoms with Crippen LogP contribution in [0.2, 0.25) is 0 Å². The first kappa shape index (κ1) is 17.0. The zero-order valence-corrected chi connectivity index (χ0v) is 13.3. The molecule has 124 valence electrons. The van der Waals surface area contributed by atoms with Gasteiger partial charge in [0.15, 0.2) is 0 Å². The van der Waals surface area contributed by atoms with Gasteiger partial charge >= 0.3 is 0 Å². The number of amides is 3. The van der Waals surface area contributed by atoms with Crippen LogP contribution in [0.15, 0.2) is 24.3 Å². The summed E-state index contributed by atoms with van der Waals surface area (Å²) in [4.78, 5) is 35.4. The molecule has 1 unspecified atom stereocenters. The average molecular weight is 318 g/mol. The van der Waals surface area contributed by atoms with Gasteiger partial charge in [-0.1, -0.05) is 19.9 Å². The average Bonchev–Trinajstić information content (AvgIpc) is 2.49. The third kappa shape index (κ3) is 5.07. The van der Waals surface area contributed by atoms with Crippen molar-refractivity contribution in [3.05, 3.63) is 24.3 Å². The van der Waals surface area contributed by atoms with Crippen molar-refractivity contribution in [1.82, 2.24) is 10.6 Å². The third-order valence-electron chi connectivity index (χ3n) is 3.46. The smallest absolute Gasteiger partial charge is 0.237 e. The maximum Gasteiger partial charge on any atom is 0.237 e. The summed E-state index contributed by atoms with van der Waals surface area (Å²) in [5, 5.41) is 11.2. The molecule has 3 amide bonds. The standard InChI is InChI=1S/C16H22N4O3/c1-10(2)15(22)20-12-5-3-4-11(8-12)19-14(21)9-13-16(23)18-7-6-17-13/h3-5,8,10,13,17H,6-7,9H2,1-2H3,(H,18,23)(H,19,21)(H,20,22). The van der Waals surface area contributed by atoms with Gasteiger partial charge in [0.2, 0.25) is 17.7 Å². The Morgan fingerprint density at radius 1 is 1.22 bits per heavy atom. The lowest BCUT2D eigenvalue weighted by atomic mass is 10.1. The third-order valence-corrected chi connectivity index (χ3v) is 3.46. The fourth-order valence-corrected chi connectivity index (χ4v) is 2.17. The van der Waals surface area contributed by atoms with Crippen LogP contribution >= 0.6 is 0 Å². The molecular weight excluding hydrogens is 296 g/mol. The molecule has 1 aliphatic rings. The zero-order chi connectivity index (χ0) is 16.8. The van der Waals surface area contributed by atoms with E-state index in [-0.39, 0.29) is 30.1 Å². The van der Waals surface area contributed by atoms with E-state index < -0.39 is 6.04 Å². The second-order valence-electron chi connectivity index (χ2n) is 5.77. The SMILES string of the molecule is CC(C)C(=O)Nc1cccc(NC(=O)CC2NCCNC2=O)c1. The quantitative estimate of drug-likeness (QED) is 0.642. The second kappa shape index (κ2) is 7.73. The molecule has 7 nitrogen and oxygen atoms in total. The van der Waals surface area contributed by atoms with Gasteiger partial charge in [0.25, 0.3) is 0 Å². The van der Waals surface area contributed by atoms with Gasteiger partial charge in [0.05, 0.1) is 12.5 Å². The largest absolute Gasteiger partial charge is 0.353 e. The predicted molar refractivity (Wildman–Crippen MR) is 88.0 cm³/mol. The molecule has 1 aromatic carbocycles. The Bertz CT molecular complexity index is 601. The maximum atomic E-state index is 12.0. The second-order valence-corrected chi connectivity index (χ2v) is 5.77. The monoisotopic (exact) mass is 318 g/mol. The van der Waals surface area contributed by atoms with Gasteiger partial charge in [-0.25, -0.2) is 0 Å². The maximum absolute atomic E-state index is 12.0. The molecule has 0 radical (unpaired) electrons. The van der Waals surface area contributed by atoms with Crippen LogP contribution in [0.3, 0.4) is 0 Å². The Morgan fingerprint density at radius 2 is 1.91 bits per heavy atom. The van der Waals surface area contributed by atoms with Crippen LogP contribution in [0.5, 0.6) is 0 Å². The van der Waals surface area contributed by atoms with E-state index >= 15 is 0 Å². The molecule has 0 bridgehead atoms. The summed E-state index contributed by atoms with van der Waals surface area (Å²) in [6, 6.07) is 6.42. The molecule has 2 rings (SSSR count). The van der Waals surface area contributed by atoms with E-state index in [1.807, 2.05) is 13.8 Å². The van der Waals surface area contributed by atoms with Gasteiger partial charge in [-0.3, -0.25) is 14.4 Å². The van der Waals surface area contributed by atoms with Gasteiger partial charge in [-0.05, 0) is 18.2 Å². The van der Waals surface area contributed by atoms with Gasteiger partial charge < -0.3 is 21.3 Å². The molecule has 0 aromatic heterocycles. The van der Waals surface area contributed by atoms with E-state index in [9.17, 15) is 14.4 Å². The summed E-state index contributed by atoms with van der Waals surface area (Å²) in [6.45, 7) is 4.85. The van der Waals surface area contributed by atoms with Crippen LogP contribution in [0.1, 0.15) is 20.3 Å². The number of carbonyl (C=O) groups is 3. The van der Waals surface area contributed by atoms with E-state index in [0.717, 1.165) is 0 Å². The first-order valence-corrected chi connectivity index (χ1v) is 7.67. The van der Waals surface area contributed by atoms with Crippen molar-refractivity contribution in [2.45, 2.75) is 26.3 Å². The molecular formula is C16H22N4O3. The minimum absolute atomic E-state index is 0.0639. The number of rotatable bonds is 5. The lowest BCUT2D eigenvalue weighted by Gasteiger charge is -2.22. The number of benzene rings is 1. The van der Waals surface area contributed by atoms with E-state index in [2.05, 4.69) is 21.3 Å². The van der Waals surface area contributed by atoms with Gasteiger partial charge in [-0.15, -0.1) is 0 Å². The molecule has 1 saturated heterocycles. The Labute approximate surface area is 135 Å². The number of piperazine rings is 1. The van der Waals surface area contributed by atoms with Gasteiger partial charge in [0.1, 0.15) is 0 Å². The van der Waals surface area contributed by atoms with Crippen molar-refractivity contribution in [2.24, 2.45) is 5.92 Å². The summed E-state index contributed by atoms with van der Waals surface area (Å²) in [6.07, 6.45) is 0.0639. The van der Waals surface area contributed by atoms with Crippen molar-refractivity contribution in [3.63, 3.8) is 0 Å². The highest BCUT2D eigenvalue weighted by molar-refractivity contribution is 5.97. The van der Waals surface area contributed by atoms with Crippen LogP contribution in [0.4, 0.5) is 11.4 Å². The molecule has 1 atom stereocenters. The van der Waals surface area contributed by atoms with Crippen molar-refractivity contribution in [1.29, 1.82) is 0 Å². The first-order chi connectivity index (χ1) is 11.0. The lowest BCUT2D eigenvalue weighted by Crippen LogP contribution is -2.53. The van der Waals surface area contributed by atoms with Crippen LogP contribution in [0.25, 0.3) is 0 Å². The number of hydrogen-bond donors (Lipinski definition) is 4. The molecule has 1 aliphatic heterocycles. The zero-order valence-electron chi connectivity index (χ0n) is 13.3. The highest BCUT2D eigenvalue weighted by atomic mass is 16.2. The summed E-state index contributed by atoms with van der Waals surface area (Å²) in [7, 11) is 0. The molecule has 23 heavy (non-hydrogen) atoms. The number of nitrogens with one attached hydrogen (secondary N) is 4.